The molecular weight excluding hydrogens is 339 g/mol. The maximum Gasteiger partial charge on any atom is 0.311 e. The van der Waals surface area contributed by atoms with Gasteiger partial charge in [0.15, 0.2) is 0 Å². The normalized spacial score (nSPS) is 22.0. The fourth-order valence-electron chi connectivity index (χ4n) is 3.48. The van der Waals surface area contributed by atoms with Crippen LogP contribution in [0.2, 0.25) is 0 Å². The van der Waals surface area contributed by atoms with Crippen LogP contribution in [-0.4, -0.2) is 40.5 Å². The van der Waals surface area contributed by atoms with Crippen molar-refractivity contribution in [3.63, 3.8) is 0 Å². The van der Waals surface area contributed by atoms with Crippen molar-refractivity contribution < 1.29 is 24.1 Å². The summed E-state index contributed by atoms with van der Waals surface area (Å²) >= 11 is 0. The molecule has 1 fully saturated rings. The molecule has 0 amide bonds. The van der Waals surface area contributed by atoms with Crippen LogP contribution in [-0.2, 0) is 14.1 Å². The Morgan fingerprint density at radius 1 is 1.40 bits per heavy atom. The Bertz CT molecular complexity index is 610. The van der Waals surface area contributed by atoms with Gasteiger partial charge >= 0.3 is 5.97 Å². The van der Waals surface area contributed by atoms with Crippen molar-refractivity contribution in [2.24, 2.45) is 0 Å². The summed E-state index contributed by atoms with van der Waals surface area (Å²) in [5.41, 5.74) is -0.315. The Labute approximate surface area is 149 Å². The zero-order valence-corrected chi connectivity index (χ0v) is 15.3. The third kappa shape index (κ3) is 5.53. The molecule has 6 heteroatoms. The van der Waals surface area contributed by atoms with Crippen molar-refractivity contribution in [1.82, 2.24) is 0 Å². The van der Waals surface area contributed by atoms with E-state index < -0.39 is 24.9 Å². The fraction of sp³-hybridized carbons (Fsp3) is 0.526. The van der Waals surface area contributed by atoms with Gasteiger partial charge < -0.3 is 14.7 Å². The van der Waals surface area contributed by atoms with E-state index >= 15 is 0 Å². The summed E-state index contributed by atoms with van der Waals surface area (Å²) in [6.07, 6.45) is 5.35. The molecule has 1 aliphatic heterocycles. The van der Waals surface area contributed by atoms with Gasteiger partial charge in [0.2, 0.25) is 7.37 Å². The van der Waals surface area contributed by atoms with Crippen LogP contribution in [0.15, 0.2) is 43.0 Å². The van der Waals surface area contributed by atoms with E-state index in [4.69, 9.17) is 4.74 Å². The van der Waals surface area contributed by atoms with E-state index in [2.05, 4.69) is 6.58 Å². The largest absolute Gasteiger partial charge is 0.481 e. The summed E-state index contributed by atoms with van der Waals surface area (Å²) in [4.78, 5) is 22.5. The number of carboxylic acids is 1. The zero-order chi connectivity index (χ0) is 18.3. The molecule has 0 aromatic heterocycles. The van der Waals surface area contributed by atoms with Gasteiger partial charge in [-0.2, -0.15) is 0 Å². The number of carbonyl (C=O) groups is 1. The number of benzene rings is 1. The standard InChI is InChI=1S/C19H27O5P/c1-2-8-17(18(19(20)21)15-9-4-3-5-10-15)25(22,23)14-7-12-16-11-6-13-24-16/h2-5,9-10,16-18H,1,6-8,11-14H2,(H,20,21)(H,22,23). The van der Waals surface area contributed by atoms with E-state index in [1.165, 1.54) is 6.08 Å². The van der Waals surface area contributed by atoms with Gasteiger partial charge in [0.05, 0.1) is 17.7 Å². The highest BCUT2D eigenvalue weighted by atomic mass is 31.2. The average Bonchev–Trinajstić information content (AvgIpc) is 3.08. The van der Waals surface area contributed by atoms with Crippen LogP contribution in [0, 0.1) is 0 Å². The van der Waals surface area contributed by atoms with Gasteiger partial charge in [-0.25, -0.2) is 0 Å². The second-order valence-electron chi connectivity index (χ2n) is 6.57. The molecule has 1 aliphatic rings. The molecule has 4 unspecified atom stereocenters. The summed E-state index contributed by atoms with van der Waals surface area (Å²) < 4.78 is 18.5. The van der Waals surface area contributed by atoms with Gasteiger partial charge in [-0.15, -0.1) is 6.58 Å². The molecule has 0 saturated carbocycles. The van der Waals surface area contributed by atoms with Crippen LogP contribution < -0.4 is 0 Å². The number of aliphatic carboxylic acids is 1. The van der Waals surface area contributed by atoms with Gasteiger partial charge in [-0.3, -0.25) is 9.36 Å². The van der Waals surface area contributed by atoms with Crippen LogP contribution in [0.5, 0.6) is 0 Å². The zero-order valence-electron chi connectivity index (χ0n) is 14.4. The predicted molar refractivity (Wildman–Crippen MR) is 98.3 cm³/mol. The first-order valence-electron chi connectivity index (χ1n) is 8.77. The van der Waals surface area contributed by atoms with E-state index in [0.29, 0.717) is 12.0 Å². The lowest BCUT2D eigenvalue weighted by molar-refractivity contribution is -0.138. The minimum Gasteiger partial charge on any atom is -0.481 e. The van der Waals surface area contributed by atoms with Crippen molar-refractivity contribution in [1.29, 1.82) is 0 Å². The van der Waals surface area contributed by atoms with Crippen LogP contribution in [0.25, 0.3) is 0 Å². The molecule has 1 heterocycles. The third-order valence-electron chi connectivity index (χ3n) is 4.76. The molecule has 0 spiro atoms. The Morgan fingerprint density at radius 2 is 2.12 bits per heavy atom. The second-order valence-corrected chi connectivity index (χ2v) is 9.20. The topological polar surface area (TPSA) is 83.8 Å². The Hall–Kier alpha value is -1.42. The summed E-state index contributed by atoms with van der Waals surface area (Å²) in [6, 6.07) is 8.68. The van der Waals surface area contributed by atoms with Gasteiger partial charge in [0.1, 0.15) is 0 Å². The molecule has 1 aromatic rings. The van der Waals surface area contributed by atoms with Crippen molar-refractivity contribution in [3.8, 4) is 0 Å². The quantitative estimate of drug-likeness (QED) is 0.482. The van der Waals surface area contributed by atoms with E-state index in [9.17, 15) is 19.4 Å². The summed E-state index contributed by atoms with van der Waals surface area (Å²) in [7, 11) is -3.66. The summed E-state index contributed by atoms with van der Waals surface area (Å²) in [6.45, 7) is 4.41. The second kappa shape index (κ2) is 9.33. The average molecular weight is 366 g/mol. The lowest BCUT2D eigenvalue weighted by atomic mass is 9.94. The minimum atomic E-state index is -3.66. The number of allylic oxidation sites excluding steroid dienone is 1. The van der Waals surface area contributed by atoms with E-state index in [1.54, 1.807) is 30.3 Å². The van der Waals surface area contributed by atoms with Crippen LogP contribution in [0.3, 0.4) is 0 Å². The van der Waals surface area contributed by atoms with Crippen LogP contribution in [0.4, 0.5) is 0 Å². The maximum absolute atomic E-state index is 13.0. The predicted octanol–water partition coefficient (Wildman–Crippen LogP) is 4.03. The maximum atomic E-state index is 13.0. The number of hydrogen-bond acceptors (Lipinski definition) is 3. The van der Waals surface area contributed by atoms with Gasteiger partial charge in [-0.05, 0) is 37.7 Å². The Kier molecular flexibility index (Phi) is 7.42. The van der Waals surface area contributed by atoms with Crippen molar-refractivity contribution in [2.45, 2.75) is 49.8 Å². The molecule has 2 N–H and O–H groups in total. The Morgan fingerprint density at radius 3 is 2.68 bits per heavy atom. The molecule has 5 nitrogen and oxygen atoms in total. The van der Waals surface area contributed by atoms with E-state index in [1.807, 2.05) is 0 Å². The molecule has 0 aliphatic carbocycles. The minimum absolute atomic E-state index is 0.113. The summed E-state index contributed by atoms with van der Waals surface area (Å²) in [5.74, 6) is -2.09. The monoisotopic (exact) mass is 366 g/mol. The molecule has 0 bridgehead atoms. The van der Waals surface area contributed by atoms with E-state index in [-0.39, 0.29) is 18.7 Å². The van der Waals surface area contributed by atoms with Crippen molar-refractivity contribution in [3.05, 3.63) is 48.6 Å². The molecule has 1 aromatic carbocycles. The number of ether oxygens (including phenoxy) is 1. The lowest BCUT2D eigenvalue weighted by Crippen LogP contribution is -2.27. The Balaban J connectivity index is 2.13. The lowest BCUT2D eigenvalue weighted by Gasteiger charge is -2.28. The highest BCUT2D eigenvalue weighted by molar-refractivity contribution is 7.58. The van der Waals surface area contributed by atoms with Crippen molar-refractivity contribution in [2.75, 3.05) is 12.8 Å². The van der Waals surface area contributed by atoms with E-state index in [0.717, 1.165) is 25.9 Å². The number of rotatable bonds is 10. The number of hydrogen-bond donors (Lipinski definition) is 2. The SMILES string of the molecule is C=CCC(C(C(=O)O)c1ccccc1)P(=O)(O)CCCC1CCCO1. The van der Waals surface area contributed by atoms with Gasteiger partial charge in [-0.1, -0.05) is 36.4 Å². The third-order valence-corrected chi connectivity index (χ3v) is 7.27. The first kappa shape index (κ1) is 19.9. The smallest absolute Gasteiger partial charge is 0.311 e. The molecule has 2 rings (SSSR count). The van der Waals surface area contributed by atoms with Gasteiger partial charge in [0.25, 0.3) is 0 Å². The van der Waals surface area contributed by atoms with Crippen LogP contribution in [0.1, 0.15) is 43.6 Å². The van der Waals surface area contributed by atoms with Crippen molar-refractivity contribution >= 4 is 13.3 Å². The molecule has 138 valence electrons. The molecule has 0 radical (unpaired) electrons. The molecule has 4 atom stereocenters. The molecule has 25 heavy (non-hydrogen) atoms. The highest BCUT2D eigenvalue weighted by Gasteiger charge is 2.40. The fourth-order valence-corrected chi connectivity index (χ4v) is 5.69. The van der Waals surface area contributed by atoms with Gasteiger partial charge in [0, 0.05) is 12.8 Å². The first-order chi connectivity index (χ1) is 12.0. The summed E-state index contributed by atoms with van der Waals surface area (Å²) in [5, 5.41) is 9.70. The molecule has 1 saturated heterocycles. The highest BCUT2D eigenvalue weighted by Crippen LogP contribution is 2.54. The first-order valence-corrected chi connectivity index (χ1v) is 10.7. The number of carboxylic acid groups (broad SMARTS) is 1. The molecular formula is C19H27O5P. The van der Waals surface area contributed by atoms with Crippen LogP contribution >= 0.6 is 7.37 Å².